The Labute approximate surface area is 103 Å². The van der Waals surface area contributed by atoms with Crippen LogP contribution >= 0.6 is 0 Å². The molecule has 1 aliphatic carbocycles. The molecule has 0 unspecified atom stereocenters. The van der Waals surface area contributed by atoms with Gasteiger partial charge in [-0.25, -0.2) is 8.42 Å². The topological polar surface area (TPSA) is 89.3 Å². The Kier molecular flexibility index (Phi) is 3.88. The molecule has 0 aliphatic heterocycles. The van der Waals surface area contributed by atoms with E-state index in [2.05, 4.69) is 5.32 Å². The number of nitrogens with one attached hydrogen (secondary N) is 1. The number of carbonyl (C=O) groups excluding carboxylic acids is 1. The molecule has 6 heteroatoms. The summed E-state index contributed by atoms with van der Waals surface area (Å²) in [6.07, 6.45) is 4.08. The Balaban J connectivity index is 2.56. The first-order chi connectivity index (χ1) is 7.65. The lowest BCUT2D eigenvalue weighted by atomic mass is 10.0. The Bertz CT molecular complexity index is 397. The minimum Gasteiger partial charge on any atom is -0.354 e. The van der Waals surface area contributed by atoms with E-state index in [9.17, 15) is 13.2 Å². The zero-order chi connectivity index (χ0) is 13.3. The number of nitrogens with two attached hydrogens (primary N) is 1. The second kappa shape index (κ2) is 4.57. The smallest absolute Gasteiger partial charge is 0.240 e. The van der Waals surface area contributed by atoms with Crippen molar-refractivity contribution in [2.24, 2.45) is 11.1 Å². The lowest BCUT2D eigenvalue weighted by Gasteiger charge is -2.23. The van der Waals surface area contributed by atoms with Crippen molar-refractivity contribution in [3.8, 4) is 0 Å². The Morgan fingerprint density at radius 2 is 1.94 bits per heavy atom. The average molecular weight is 262 g/mol. The second-order valence-corrected chi connectivity index (χ2v) is 8.07. The van der Waals surface area contributed by atoms with E-state index in [1.807, 2.05) is 0 Å². The van der Waals surface area contributed by atoms with Crippen LogP contribution in [-0.4, -0.2) is 38.4 Å². The van der Waals surface area contributed by atoms with Crippen LogP contribution in [0.4, 0.5) is 0 Å². The quantitative estimate of drug-likeness (QED) is 0.708. The molecule has 0 bridgehead atoms. The maximum atomic E-state index is 11.9. The fourth-order valence-electron chi connectivity index (χ4n) is 1.65. The summed E-state index contributed by atoms with van der Waals surface area (Å²) >= 11 is 0. The van der Waals surface area contributed by atoms with Crippen molar-refractivity contribution in [3.05, 3.63) is 0 Å². The fourth-order valence-corrected chi connectivity index (χ4v) is 2.06. The van der Waals surface area contributed by atoms with Gasteiger partial charge in [0.05, 0.1) is 0 Å². The second-order valence-electron chi connectivity index (χ2n) is 5.50. The number of amides is 1. The van der Waals surface area contributed by atoms with Gasteiger partial charge in [0.25, 0.3) is 0 Å². The highest BCUT2D eigenvalue weighted by atomic mass is 32.2. The number of hydrogen-bond acceptors (Lipinski definition) is 4. The SMILES string of the molecule is CC(C)(C(=O)NCC1(CCN)CC1)S(C)(=O)=O. The molecule has 0 radical (unpaired) electrons. The van der Waals surface area contributed by atoms with Crippen molar-refractivity contribution in [3.63, 3.8) is 0 Å². The lowest BCUT2D eigenvalue weighted by Crippen LogP contribution is -2.49. The Morgan fingerprint density at radius 1 is 1.41 bits per heavy atom. The lowest BCUT2D eigenvalue weighted by molar-refractivity contribution is -0.123. The molecule has 0 spiro atoms. The standard InChI is InChI=1S/C11H22N2O3S/c1-10(2,17(3,15)16)9(14)13-8-11(4-5-11)6-7-12/h4-8,12H2,1-3H3,(H,13,14). The van der Waals surface area contributed by atoms with Crippen LogP contribution in [0.2, 0.25) is 0 Å². The van der Waals surface area contributed by atoms with Crippen molar-refractivity contribution in [2.75, 3.05) is 19.3 Å². The van der Waals surface area contributed by atoms with Gasteiger partial charge in [0.2, 0.25) is 5.91 Å². The van der Waals surface area contributed by atoms with Crippen LogP contribution in [0.5, 0.6) is 0 Å². The first kappa shape index (κ1) is 14.4. The highest BCUT2D eigenvalue weighted by Crippen LogP contribution is 2.47. The van der Waals surface area contributed by atoms with Crippen molar-refractivity contribution >= 4 is 15.7 Å². The normalized spacial score (nSPS) is 18.8. The van der Waals surface area contributed by atoms with E-state index in [1.54, 1.807) is 0 Å². The summed E-state index contributed by atoms with van der Waals surface area (Å²) in [6.45, 7) is 3.99. The zero-order valence-corrected chi connectivity index (χ0v) is 11.6. The molecule has 3 N–H and O–H groups in total. The van der Waals surface area contributed by atoms with E-state index in [1.165, 1.54) is 13.8 Å². The van der Waals surface area contributed by atoms with Gasteiger partial charge in [-0.05, 0) is 45.1 Å². The molecule has 0 aromatic heterocycles. The van der Waals surface area contributed by atoms with Crippen molar-refractivity contribution < 1.29 is 13.2 Å². The molecule has 1 fully saturated rings. The number of rotatable bonds is 6. The maximum Gasteiger partial charge on any atom is 0.240 e. The van der Waals surface area contributed by atoms with Crippen LogP contribution in [-0.2, 0) is 14.6 Å². The van der Waals surface area contributed by atoms with Crippen molar-refractivity contribution in [1.82, 2.24) is 5.32 Å². The third-order valence-corrected chi connectivity index (χ3v) is 5.77. The van der Waals surface area contributed by atoms with E-state index in [-0.39, 0.29) is 5.41 Å². The molecule has 1 amide bonds. The van der Waals surface area contributed by atoms with Gasteiger partial charge in [-0.3, -0.25) is 4.79 Å². The summed E-state index contributed by atoms with van der Waals surface area (Å²) in [5, 5.41) is 2.74. The maximum absolute atomic E-state index is 11.9. The average Bonchev–Trinajstić information content (AvgIpc) is 2.94. The van der Waals surface area contributed by atoms with E-state index in [4.69, 9.17) is 5.73 Å². The van der Waals surface area contributed by atoms with Crippen LogP contribution in [0.15, 0.2) is 0 Å². The van der Waals surface area contributed by atoms with Crippen LogP contribution < -0.4 is 11.1 Å². The fraction of sp³-hybridized carbons (Fsp3) is 0.909. The van der Waals surface area contributed by atoms with Gasteiger partial charge in [-0.15, -0.1) is 0 Å². The summed E-state index contributed by atoms with van der Waals surface area (Å²) in [6, 6.07) is 0. The van der Waals surface area contributed by atoms with Crippen molar-refractivity contribution in [2.45, 2.75) is 37.9 Å². The third-order valence-electron chi connectivity index (χ3n) is 3.73. The van der Waals surface area contributed by atoms with Gasteiger partial charge in [0, 0.05) is 12.8 Å². The van der Waals surface area contributed by atoms with Crippen LogP contribution in [0.1, 0.15) is 33.1 Å². The minimum atomic E-state index is -3.40. The van der Waals surface area contributed by atoms with Crippen LogP contribution in [0.25, 0.3) is 0 Å². The number of hydrogen-bond donors (Lipinski definition) is 2. The van der Waals surface area contributed by atoms with E-state index in [0.29, 0.717) is 13.1 Å². The summed E-state index contributed by atoms with van der Waals surface area (Å²) in [5.41, 5.74) is 5.63. The molecule has 1 saturated carbocycles. The summed E-state index contributed by atoms with van der Waals surface area (Å²) in [7, 11) is -3.40. The number of sulfone groups is 1. The molecule has 1 rings (SSSR count). The van der Waals surface area contributed by atoms with E-state index >= 15 is 0 Å². The summed E-state index contributed by atoms with van der Waals surface area (Å²) < 4.78 is 21.6. The Hall–Kier alpha value is -0.620. The monoisotopic (exact) mass is 262 g/mol. The first-order valence-corrected chi connectivity index (χ1v) is 7.72. The molecule has 17 heavy (non-hydrogen) atoms. The molecule has 1 aliphatic rings. The predicted molar refractivity (Wildman–Crippen MR) is 67.3 cm³/mol. The molecular formula is C11H22N2O3S. The molecule has 0 aromatic carbocycles. The molecule has 100 valence electrons. The van der Waals surface area contributed by atoms with Crippen LogP contribution in [0, 0.1) is 5.41 Å². The van der Waals surface area contributed by atoms with E-state index in [0.717, 1.165) is 25.5 Å². The van der Waals surface area contributed by atoms with Gasteiger partial charge in [0.15, 0.2) is 9.84 Å². The van der Waals surface area contributed by atoms with Gasteiger partial charge >= 0.3 is 0 Å². The van der Waals surface area contributed by atoms with Crippen molar-refractivity contribution in [1.29, 1.82) is 0 Å². The van der Waals surface area contributed by atoms with Gasteiger partial charge in [-0.1, -0.05) is 0 Å². The first-order valence-electron chi connectivity index (χ1n) is 5.83. The Morgan fingerprint density at radius 3 is 2.29 bits per heavy atom. The van der Waals surface area contributed by atoms with Crippen LogP contribution in [0.3, 0.4) is 0 Å². The minimum absolute atomic E-state index is 0.123. The summed E-state index contributed by atoms with van der Waals surface area (Å²) in [4.78, 5) is 11.9. The van der Waals surface area contributed by atoms with E-state index < -0.39 is 20.5 Å². The zero-order valence-electron chi connectivity index (χ0n) is 10.7. The van der Waals surface area contributed by atoms with Gasteiger partial charge in [0.1, 0.15) is 4.75 Å². The molecule has 0 saturated heterocycles. The molecule has 0 aromatic rings. The predicted octanol–water partition coefficient (Wildman–Crippen LogP) is 0.0548. The highest BCUT2D eigenvalue weighted by Gasteiger charge is 2.44. The molecule has 0 atom stereocenters. The van der Waals surface area contributed by atoms with Gasteiger partial charge in [-0.2, -0.15) is 0 Å². The molecule has 5 nitrogen and oxygen atoms in total. The third kappa shape index (κ3) is 3.19. The molecule has 0 heterocycles. The number of carbonyl (C=O) groups is 1. The molecular weight excluding hydrogens is 240 g/mol. The largest absolute Gasteiger partial charge is 0.354 e. The highest BCUT2D eigenvalue weighted by molar-refractivity contribution is 7.92. The summed E-state index contributed by atoms with van der Waals surface area (Å²) in [5.74, 6) is -0.428. The van der Waals surface area contributed by atoms with Gasteiger partial charge < -0.3 is 11.1 Å².